The van der Waals surface area contributed by atoms with E-state index in [1.54, 1.807) is 0 Å². The van der Waals surface area contributed by atoms with Crippen LogP contribution in [0.25, 0.3) is 0 Å². The van der Waals surface area contributed by atoms with E-state index in [1.165, 1.54) is 7.11 Å². The Balaban J connectivity index is 3.98. The zero-order valence-corrected chi connectivity index (χ0v) is 11.9. The van der Waals surface area contributed by atoms with Gasteiger partial charge < -0.3 is 26.2 Å². The van der Waals surface area contributed by atoms with E-state index in [0.717, 1.165) is 0 Å². The van der Waals surface area contributed by atoms with Crippen LogP contribution >= 0.6 is 0 Å². The van der Waals surface area contributed by atoms with Gasteiger partial charge in [-0.2, -0.15) is 0 Å². The summed E-state index contributed by atoms with van der Waals surface area (Å²) in [6.07, 6.45) is 1.17. The molecule has 1 atom stereocenters. The Morgan fingerprint density at radius 2 is 1.86 bits per heavy atom. The summed E-state index contributed by atoms with van der Waals surface area (Å²) < 4.78 is 4.40. The Hall–Kier alpha value is -2.32. The van der Waals surface area contributed by atoms with Gasteiger partial charge in [0.25, 0.3) is 0 Å². The summed E-state index contributed by atoms with van der Waals surface area (Å²) in [4.78, 5) is 43.8. The molecule has 5 N–H and O–H groups in total. The van der Waals surface area contributed by atoms with Crippen LogP contribution in [-0.4, -0.2) is 48.7 Å². The summed E-state index contributed by atoms with van der Waals surface area (Å²) in [5, 5.41) is 13.6. The molecule has 120 valence electrons. The topological polar surface area (TPSA) is 148 Å². The molecule has 9 heteroatoms. The van der Waals surface area contributed by atoms with Gasteiger partial charge in [-0.15, -0.1) is 0 Å². The smallest absolute Gasteiger partial charge is 0.326 e. The molecule has 0 bridgehead atoms. The molecular formula is C12H21N3O6. The van der Waals surface area contributed by atoms with Gasteiger partial charge in [-0.1, -0.05) is 0 Å². The predicted octanol–water partition coefficient (Wildman–Crippen LogP) is -0.652. The van der Waals surface area contributed by atoms with Crippen molar-refractivity contribution in [2.75, 3.05) is 13.7 Å². The van der Waals surface area contributed by atoms with Crippen LogP contribution in [0.2, 0.25) is 0 Å². The van der Waals surface area contributed by atoms with Crippen LogP contribution in [0.5, 0.6) is 0 Å². The second-order valence-electron chi connectivity index (χ2n) is 4.33. The Labute approximate surface area is 122 Å². The first-order valence-electron chi connectivity index (χ1n) is 6.49. The fourth-order valence-corrected chi connectivity index (χ4v) is 1.46. The summed E-state index contributed by atoms with van der Waals surface area (Å²) >= 11 is 0. The molecule has 0 aliphatic carbocycles. The number of ether oxygens (including phenoxy) is 1. The number of carboxylic acid groups (broad SMARTS) is 1. The fourth-order valence-electron chi connectivity index (χ4n) is 1.46. The first-order chi connectivity index (χ1) is 9.86. The minimum Gasteiger partial charge on any atom is -0.480 e. The van der Waals surface area contributed by atoms with Crippen molar-refractivity contribution in [3.63, 3.8) is 0 Å². The number of hydrogen-bond acceptors (Lipinski definition) is 5. The van der Waals surface area contributed by atoms with Crippen molar-refractivity contribution in [1.29, 1.82) is 0 Å². The number of rotatable bonds is 10. The quantitative estimate of drug-likeness (QED) is 0.311. The lowest BCUT2D eigenvalue weighted by Gasteiger charge is -2.14. The Morgan fingerprint density at radius 3 is 2.38 bits per heavy atom. The van der Waals surface area contributed by atoms with Gasteiger partial charge in [-0.05, 0) is 19.3 Å². The number of nitrogens with one attached hydrogen (secondary N) is 2. The maximum Gasteiger partial charge on any atom is 0.326 e. The van der Waals surface area contributed by atoms with Crippen LogP contribution in [0.4, 0.5) is 4.79 Å². The highest BCUT2D eigenvalue weighted by Crippen LogP contribution is 1.99. The molecule has 3 amide bonds. The minimum atomic E-state index is -1.23. The number of unbranched alkanes of at least 4 members (excludes halogenated alkanes) is 1. The first-order valence-corrected chi connectivity index (χ1v) is 6.49. The maximum atomic E-state index is 11.5. The molecule has 0 heterocycles. The molecule has 0 saturated carbocycles. The molecule has 0 unspecified atom stereocenters. The zero-order valence-electron chi connectivity index (χ0n) is 11.9. The van der Waals surface area contributed by atoms with Crippen molar-refractivity contribution in [2.45, 2.75) is 38.1 Å². The lowest BCUT2D eigenvalue weighted by atomic mass is 10.1. The maximum absolute atomic E-state index is 11.5. The Bertz CT molecular complexity index is 385. The number of primary amides is 1. The lowest BCUT2D eigenvalue weighted by molar-refractivity contribution is -0.142. The third kappa shape index (κ3) is 10.2. The molecule has 0 rings (SSSR count). The fraction of sp³-hybridized carbons (Fsp3) is 0.667. The minimum absolute atomic E-state index is 0.0584. The summed E-state index contributed by atoms with van der Waals surface area (Å²) in [5.41, 5.74) is 4.96. The van der Waals surface area contributed by atoms with Gasteiger partial charge in [-0.3, -0.25) is 9.59 Å². The number of amides is 3. The van der Waals surface area contributed by atoms with Gasteiger partial charge in [0.15, 0.2) is 0 Å². The van der Waals surface area contributed by atoms with Gasteiger partial charge in [0.05, 0.1) is 7.11 Å². The van der Waals surface area contributed by atoms with Crippen LogP contribution in [0, 0.1) is 0 Å². The number of esters is 1. The van der Waals surface area contributed by atoms with Crippen molar-refractivity contribution in [3.05, 3.63) is 0 Å². The number of nitrogens with two attached hydrogens (primary N) is 1. The predicted molar refractivity (Wildman–Crippen MR) is 72.3 cm³/mol. The average Bonchev–Trinajstić information content (AvgIpc) is 2.41. The SMILES string of the molecule is COC(=O)CC[C@H](NC(=O)NCCCCC(N)=O)C(=O)O. The van der Waals surface area contributed by atoms with Crippen LogP contribution in [-0.2, 0) is 19.1 Å². The highest BCUT2D eigenvalue weighted by Gasteiger charge is 2.20. The standard InChI is InChI=1S/C12H21N3O6/c1-21-10(17)6-5-8(11(18)19)15-12(20)14-7-3-2-4-9(13)16/h8H,2-7H2,1H3,(H2,13,16)(H,18,19)(H2,14,15,20)/t8-/m0/s1. The molecular weight excluding hydrogens is 282 g/mol. The van der Waals surface area contributed by atoms with Crippen LogP contribution in [0.1, 0.15) is 32.1 Å². The van der Waals surface area contributed by atoms with E-state index in [9.17, 15) is 19.2 Å². The van der Waals surface area contributed by atoms with E-state index in [1.807, 2.05) is 0 Å². The number of carbonyl (C=O) groups excluding carboxylic acids is 3. The highest BCUT2D eigenvalue weighted by atomic mass is 16.5. The molecule has 0 aliphatic rings. The number of carboxylic acids is 1. The number of aliphatic carboxylic acids is 1. The summed E-state index contributed by atoms with van der Waals surface area (Å²) in [6, 6.07) is -1.82. The van der Waals surface area contributed by atoms with Gasteiger partial charge in [-0.25, -0.2) is 9.59 Å². The van der Waals surface area contributed by atoms with Crippen LogP contribution in [0.15, 0.2) is 0 Å². The van der Waals surface area contributed by atoms with Gasteiger partial charge in [0, 0.05) is 19.4 Å². The van der Waals surface area contributed by atoms with Gasteiger partial charge >= 0.3 is 18.0 Å². The normalized spacial score (nSPS) is 11.3. The molecule has 9 nitrogen and oxygen atoms in total. The van der Waals surface area contributed by atoms with Gasteiger partial charge in [0.2, 0.25) is 5.91 Å². The number of methoxy groups -OCH3 is 1. The van der Waals surface area contributed by atoms with Crippen LogP contribution < -0.4 is 16.4 Å². The van der Waals surface area contributed by atoms with E-state index in [2.05, 4.69) is 15.4 Å². The average molecular weight is 303 g/mol. The number of hydrogen-bond donors (Lipinski definition) is 4. The lowest BCUT2D eigenvalue weighted by Crippen LogP contribution is -2.46. The molecule has 0 aromatic heterocycles. The third-order valence-electron chi connectivity index (χ3n) is 2.60. The van der Waals surface area contributed by atoms with E-state index in [-0.39, 0.29) is 19.3 Å². The first kappa shape index (κ1) is 18.7. The number of carbonyl (C=O) groups is 4. The van der Waals surface area contributed by atoms with Crippen molar-refractivity contribution in [1.82, 2.24) is 10.6 Å². The molecule has 0 aromatic rings. The zero-order chi connectivity index (χ0) is 16.3. The molecule has 0 spiro atoms. The number of urea groups is 1. The van der Waals surface area contributed by atoms with Gasteiger partial charge in [0.1, 0.15) is 6.04 Å². The summed E-state index contributed by atoms with van der Waals surface area (Å²) in [7, 11) is 1.20. The monoisotopic (exact) mass is 303 g/mol. The van der Waals surface area contributed by atoms with Crippen molar-refractivity contribution in [3.8, 4) is 0 Å². The molecule has 0 aromatic carbocycles. The summed E-state index contributed by atoms with van der Waals surface area (Å²) in [6.45, 7) is 0.294. The molecule has 0 radical (unpaired) electrons. The third-order valence-corrected chi connectivity index (χ3v) is 2.60. The van der Waals surface area contributed by atoms with E-state index < -0.39 is 29.9 Å². The van der Waals surface area contributed by atoms with E-state index >= 15 is 0 Å². The van der Waals surface area contributed by atoms with Crippen LogP contribution in [0.3, 0.4) is 0 Å². The summed E-state index contributed by atoms with van der Waals surface area (Å²) in [5.74, 6) is -2.19. The Kier molecular flexibility index (Phi) is 9.31. The molecule has 0 saturated heterocycles. The largest absolute Gasteiger partial charge is 0.480 e. The molecule has 21 heavy (non-hydrogen) atoms. The van der Waals surface area contributed by atoms with E-state index in [0.29, 0.717) is 19.4 Å². The van der Waals surface area contributed by atoms with Crippen molar-refractivity contribution in [2.24, 2.45) is 5.73 Å². The van der Waals surface area contributed by atoms with Crippen molar-refractivity contribution < 1.29 is 29.0 Å². The van der Waals surface area contributed by atoms with Crippen molar-refractivity contribution >= 4 is 23.9 Å². The molecule has 0 aliphatic heterocycles. The highest BCUT2D eigenvalue weighted by molar-refractivity contribution is 5.83. The molecule has 0 fully saturated rings. The Morgan fingerprint density at radius 1 is 1.19 bits per heavy atom. The van der Waals surface area contributed by atoms with E-state index in [4.69, 9.17) is 10.8 Å². The second kappa shape index (κ2) is 10.5. The second-order valence-corrected chi connectivity index (χ2v) is 4.33.